The zero-order valence-electron chi connectivity index (χ0n) is 26.4. The van der Waals surface area contributed by atoms with Crippen LogP contribution in [0.3, 0.4) is 0 Å². The molecule has 0 radical (unpaired) electrons. The third kappa shape index (κ3) is 8.27. The van der Waals surface area contributed by atoms with Gasteiger partial charge in [-0.1, -0.05) is 56.5 Å². The van der Waals surface area contributed by atoms with Gasteiger partial charge in [0.25, 0.3) is 10.0 Å². The molecule has 1 aliphatic rings. The van der Waals surface area contributed by atoms with E-state index in [1.807, 2.05) is 19.1 Å². The van der Waals surface area contributed by atoms with E-state index in [1.54, 1.807) is 49.6 Å². The maximum atomic E-state index is 14.4. The number of nitrogens with zero attached hydrogens (tertiary/aromatic N) is 2. The Morgan fingerprint density at radius 2 is 1.58 bits per heavy atom. The molecule has 1 N–H and O–H groups in total. The SMILES string of the molecule is CC[C@H](C(=O)NC1CCCCC1)N(Cc1cccc(OC)c1)C(=O)CN(c1ccc(OC)c(OC)c1)S(=O)(=O)c1ccccc1. The monoisotopic (exact) mass is 637 g/mol. The lowest BCUT2D eigenvalue weighted by atomic mass is 9.95. The molecule has 2 amide bonds. The molecule has 0 spiro atoms. The predicted molar refractivity (Wildman–Crippen MR) is 173 cm³/mol. The summed E-state index contributed by atoms with van der Waals surface area (Å²) in [7, 11) is 0.281. The van der Waals surface area contributed by atoms with E-state index in [1.165, 1.54) is 37.3 Å². The molecule has 0 aromatic heterocycles. The molecular weight excluding hydrogens is 594 g/mol. The average Bonchev–Trinajstić information content (AvgIpc) is 3.07. The highest BCUT2D eigenvalue weighted by Crippen LogP contribution is 2.34. The van der Waals surface area contributed by atoms with Crippen molar-refractivity contribution in [3.05, 3.63) is 78.4 Å². The van der Waals surface area contributed by atoms with Crippen LogP contribution in [0.1, 0.15) is 51.0 Å². The molecule has 4 rings (SSSR count). The van der Waals surface area contributed by atoms with Crippen LogP contribution >= 0.6 is 0 Å². The number of amides is 2. The first-order valence-electron chi connectivity index (χ1n) is 15.2. The van der Waals surface area contributed by atoms with Crippen molar-refractivity contribution in [3.63, 3.8) is 0 Å². The van der Waals surface area contributed by atoms with Gasteiger partial charge in [-0.2, -0.15) is 0 Å². The van der Waals surface area contributed by atoms with Crippen LogP contribution in [0.5, 0.6) is 17.2 Å². The molecule has 0 bridgehead atoms. The molecule has 0 heterocycles. The predicted octanol–water partition coefficient (Wildman–Crippen LogP) is 5.16. The Balaban J connectivity index is 1.75. The van der Waals surface area contributed by atoms with Gasteiger partial charge in [-0.05, 0) is 61.2 Å². The summed E-state index contributed by atoms with van der Waals surface area (Å²) in [5.74, 6) is 0.553. The lowest BCUT2D eigenvalue weighted by molar-refractivity contribution is -0.140. The number of carbonyl (C=O) groups excluding carboxylic acids is 2. The first kappa shape index (κ1) is 33.6. The van der Waals surface area contributed by atoms with Crippen LogP contribution in [0.25, 0.3) is 0 Å². The molecule has 3 aromatic carbocycles. The van der Waals surface area contributed by atoms with Crippen LogP contribution in [0, 0.1) is 0 Å². The van der Waals surface area contributed by atoms with Crippen molar-refractivity contribution >= 4 is 27.5 Å². The van der Waals surface area contributed by atoms with Gasteiger partial charge in [0.1, 0.15) is 18.3 Å². The smallest absolute Gasteiger partial charge is 0.264 e. The quantitative estimate of drug-likeness (QED) is 0.260. The third-order valence-corrected chi connectivity index (χ3v) is 9.88. The number of sulfonamides is 1. The summed E-state index contributed by atoms with van der Waals surface area (Å²) in [6.07, 6.45) is 5.38. The topological polar surface area (TPSA) is 114 Å². The van der Waals surface area contributed by atoms with Gasteiger partial charge in [0.05, 0.1) is 31.9 Å². The molecule has 11 heteroatoms. The van der Waals surface area contributed by atoms with Crippen LogP contribution in [0.15, 0.2) is 77.7 Å². The number of anilines is 1. The molecule has 45 heavy (non-hydrogen) atoms. The second-order valence-corrected chi connectivity index (χ2v) is 12.9. The number of benzene rings is 3. The van der Waals surface area contributed by atoms with Crippen LogP contribution in [-0.4, -0.2) is 65.1 Å². The van der Waals surface area contributed by atoms with Crippen molar-refractivity contribution in [2.24, 2.45) is 0 Å². The minimum atomic E-state index is -4.22. The summed E-state index contributed by atoms with van der Waals surface area (Å²) in [4.78, 5) is 29.6. The molecule has 3 aromatic rings. The van der Waals surface area contributed by atoms with Crippen molar-refractivity contribution in [2.45, 2.75) is 69.0 Å². The van der Waals surface area contributed by atoms with E-state index in [-0.39, 0.29) is 29.1 Å². The van der Waals surface area contributed by atoms with Gasteiger partial charge < -0.3 is 24.4 Å². The van der Waals surface area contributed by atoms with Crippen molar-refractivity contribution in [1.29, 1.82) is 0 Å². The first-order valence-corrected chi connectivity index (χ1v) is 16.7. The highest BCUT2D eigenvalue weighted by atomic mass is 32.2. The summed E-state index contributed by atoms with van der Waals surface area (Å²) < 4.78 is 45.5. The number of nitrogens with one attached hydrogen (secondary N) is 1. The van der Waals surface area contributed by atoms with Gasteiger partial charge in [-0.3, -0.25) is 13.9 Å². The molecule has 0 aliphatic heterocycles. The lowest BCUT2D eigenvalue weighted by Gasteiger charge is -2.34. The maximum absolute atomic E-state index is 14.4. The Bertz CT molecular complexity index is 1540. The second-order valence-electron chi connectivity index (χ2n) is 11.0. The van der Waals surface area contributed by atoms with Gasteiger partial charge in [0.15, 0.2) is 11.5 Å². The molecule has 1 fully saturated rings. The molecule has 1 aliphatic carbocycles. The number of hydrogen-bond acceptors (Lipinski definition) is 7. The minimum absolute atomic E-state index is 0.0222. The first-order chi connectivity index (χ1) is 21.7. The van der Waals surface area contributed by atoms with Gasteiger partial charge in [0.2, 0.25) is 11.8 Å². The van der Waals surface area contributed by atoms with Crippen LogP contribution in [0.4, 0.5) is 5.69 Å². The molecule has 0 unspecified atom stereocenters. The largest absolute Gasteiger partial charge is 0.497 e. The fourth-order valence-corrected chi connectivity index (χ4v) is 7.09. The number of hydrogen-bond donors (Lipinski definition) is 1. The highest BCUT2D eigenvalue weighted by Gasteiger charge is 2.34. The summed E-state index contributed by atoms with van der Waals surface area (Å²) in [5.41, 5.74) is 0.959. The van der Waals surface area contributed by atoms with E-state index in [4.69, 9.17) is 14.2 Å². The average molecular weight is 638 g/mol. The zero-order valence-corrected chi connectivity index (χ0v) is 27.2. The number of rotatable bonds is 14. The lowest BCUT2D eigenvalue weighted by Crippen LogP contribution is -2.54. The fraction of sp³-hybridized carbons (Fsp3) is 0.412. The Morgan fingerprint density at radius 3 is 2.22 bits per heavy atom. The summed E-state index contributed by atoms with van der Waals surface area (Å²) in [6.45, 7) is 1.38. The fourth-order valence-electron chi connectivity index (χ4n) is 5.66. The van der Waals surface area contributed by atoms with Crippen molar-refractivity contribution < 1.29 is 32.2 Å². The Morgan fingerprint density at radius 1 is 0.867 bits per heavy atom. The Labute approximate surface area is 266 Å². The molecule has 1 atom stereocenters. The van der Waals surface area contributed by atoms with E-state index in [9.17, 15) is 18.0 Å². The van der Waals surface area contributed by atoms with Gasteiger partial charge in [-0.15, -0.1) is 0 Å². The zero-order chi connectivity index (χ0) is 32.4. The van der Waals surface area contributed by atoms with Gasteiger partial charge >= 0.3 is 0 Å². The number of carbonyl (C=O) groups is 2. The minimum Gasteiger partial charge on any atom is -0.497 e. The van der Waals surface area contributed by atoms with Crippen molar-refractivity contribution in [1.82, 2.24) is 10.2 Å². The van der Waals surface area contributed by atoms with Gasteiger partial charge in [-0.25, -0.2) is 8.42 Å². The number of ether oxygens (including phenoxy) is 3. The standard InChI is InChI=1S/C34H43N3O7S/c1-5-30(34(39)35-26-14-8-6-9-15-26)36(23-25-13-12-16-28(21-25)42-2)33(38)24-37(45(40,41)29-17-10-7-11-18-29)27-19-20-31(43-3)32(22-27)44-4/h7,10-13,16-22,26,30H,5-6,8-9,14-15,23-24H2,1-4H3,(H,35,39)/t30-/m1/s1. The summed E-state index contributed by atoms with van der Waals surface area (Å²) >= 11 is 0. The molecule has 242 valence electrons. The highest BCUT2D eigenvalue weighted by molar-refractivity contribution is 7.92. The van der Waals surface area contributed by atoms with Gasteiger partial charge in [0, 0.05) is 18.7 Å². The molecule has 0 saturated heterocycles. The van der Waals surface area contributed by atoms with E-state index >= 15 is 0 Å². The van der Waals surface area contributed by atoms with Crippen LogP contribution in [0.2, 0.25) is 0 Å². The van der Waals surface area contributed by atoms with Crippen LogP contribution in [-0.2, 0) is 26.2 Å². The summed E-state index contributed by atoms with van der Waals surface area (Å²) in [6, 6.07) is 19.1. The molecule has 1 saturated carbocycles. The Kier molecular flexibility index (Phi) is 11.7. The molecule has 10 nitrogen and oxygen atoms in total. The van der Waals surface area contributed by atoms with E-state index in [2.05, 4.69) is 5.32 Å². The van der Waals surface area contributed by atoms with E-state index in [0.717, 1.165) is 42.0 Å². The van der Waals surface area contributed by atoms with Crippen molar-refractivity contribution in [2.75, 3.05) is 32.2 Å². The second kappa shape index (κ2) is 15.7. The third-order valence-electron chi connectivity index (χ3n) is 8.09. The maximum Gasteiger partial charge on any atom is 0.264 e. The van der Waals surface area contributed by atoms with Crippen LogP contribution < -0.4 is 23.8 Å². The summed E-state index contributed by atoms with van der Waals surface area (Å²) in [5, 5.41) is 3.16. The van der Waals surface area contributed by atoms with E-state index in [0.29, 0.717) is 23.7 Å². The van der Waals surface area contributed by atoms with Crippen molar-refractivity contribution in [3.8, 4) is 17.2 Å². The molecular formula is C34H43N3O7S. The Hall–Kier alpha value is -4.25. The van der Waals surface area contributed by atoms with E-state index < -0.39 is 28.5 Å². The number of methoxy groups -OCH3 is 3. The normalized spacial score (nSPS) is 14.2.